The lowest BCUT2D eigenvalue weighted by atomic mass is 10.3. The van der Waals surface area contributed by atoms with E-state index in [1.807, 2.05) is 24.7 Å². The minimum Gasteiger partial charge on any atom is -0.356 e. The number of nitrogens with one attached hydrogen (secondary N) is 2. The first-order valence-electron chi connectivity index (χ1n) is 5.68. The summed E-state index contributed by atoms with van der Waals surface area (Å²) in [6, 6.07) is 2.01. The third kappa shape index (κ3) is 4.44. The van der Waals surface area contributed by atoms with Gasteiger partial charge in [0.2, 0.25) is 5.91 Å². The predicted octanol–water partition coefficient (Wildman–Crippen LogP) is 0.0784. The Morgan fingerprint density at radius 1 is 1.50 bits per heavy atom. The number of nitrogens with zero attached hydrogens (tertiary/aromatic N) is 2. The van der Waals surface area contributed by atoms with Crippen molar-refractivity contribution in [3.05, 3.63) is 18.0 Å². The molecule has 0 spiro atoms. The van der Waals surface area contributed by atoms with Crippen molar-refractivity contribution in [3.63, 3.8) is 0 Å². The fourth-order valence-corrected chi connectivity index (χ4v) is 1.48. The topological polar surface area (TPSA) is 59.0 Å². The van der Waals surface area contributed by atoms with E-state index in [9.17, 15) is 4.79 Å². The first kappa shape index (κ1) is 12.7. The normalized spacial score (nSPS) is 10.4. The Kier molecular flexibility index (Phi) is 5.56. The largest absolute Gasteiger partial charge is 0.356 e. The summed E-state index contributed by atoms with van der Waals surface area (Å²) in [5.74, 6) is 0.107. The quantitative estimate of drug-likeness (QED) is 0.645. The van der Waals surface area contributed by atoms with Crippen LogP contribution in [0.15, 0.2) is 12.3 Å². The van der Waals surface area contributed by atoms with Crippen LogP contribution in [-0.4, -0.2) is 35.3 Å². The van der Waals surface area contributed by atoms with Crippen molar-refractivity contribution >= 4 is 5.91 Å². The molecule has 0 aliphatic carbocycles. The van der Waals surface area contributed by atoms with E-state index in [-0.39, 0.29) is 5.91 Å². The molecule has 0 saturated carbocycles. The summed E-state index contributed by atoms with van der Waals surface area (Å²) in [6.45, 7) is 4.23. The van der Waals surface area contributed by atoms with Gasteiger partial charge in [0.05, 0.1) is 0 Å². The van der Waals surface area contributed by atoms with Crippen LogP contribution >= 0.6 is 0 Å². The molecule has 0 fully saturated rings. The summed E-state index contributed by atoms with van der Waals surface area (Å²) in [5.41, 5.74) is 1.20. The maximum absolute atomic E-state index is 11.1. The molecule has 0 aromatic carbocycles. The van der Waals surface area contributed by atoms with Gasteiger partial charge in [-0.25, -0.2) is 0 Å². The number of hydrogen-bond acceptors (Lipinski definition) is 3. The second kappa shape index (κ2) is 7.00. The van der Waals surface area contributed by atoms with Crippen LogP contribution in [0.3, 0.4) is 0 Å². The molecule has 0 saturated heterocycles. The van der Waals surface area contributed by atoms with E-state index in [1.54, 1.807) is 6.20 Å². The van der Waals surface area contributed by atoms with Crippen LogP contribution in [0.1, 0.15) is 19.0 Å². The van der Waals surface area contributed by atoms with Crippen LogP contribution in [0.5, 0.6) is 0 Å². The zero-order chi connectivity index (χ0) is 11.8. The summed E-state index contributed by atoms with van der Waals surface area (Å²) in [7, 11) is 1.93. The molecule has 1 aromatic rings. The van der Waals surface area contributed by atoms with Crippen molar-refractivity contribution in [2.45, 2.75) is 19.8 Å². The summed E-state index contributed by atoms with van der Waals surface area (Å²) >= 11 is 0. The van der Waals surface area contributed by atoms with Crippen LogP contribution in [0.2, 0.25) is 0 Å². The van der Waals surface area contributed by atoms with E-state index >= 15 is 0 Å². The van der Waals surface area contributed by atoms with Crippen molar-refractivity contribution in [3.8, 4) is 0 Å². The molecule has 16 heavy (non-hydrogen) atoms. The number of aryl methyl sites for hydroxylation is 1. The predicted molar refractivity (Wildman–Crippen MR) is 63.1 cm³/mol. The molecule has 1 rings (SSSR count). The average Bonchev–Trinajstić information content (AvgIpc) is 2.64. The molecule has 0 aliphatic rings. The summed E-state index contributed by atoms with van der Waals surface area (Å²) in [4.78, 5) is 11.1. The Labute approximate surface area is 96.2 Å². The lowest BCUT2D eigenvalue weighted by Gasteiger charge is -2.05. The SMILES string of the molecule is CCNC(=O)CCNCCc1ccnn1C. The highest BCUT2D eigenvalue weighted by Gasteiger charge is 1.99. The van der Waals surface area contributed by atoms with Gasteiger partial charge in [-0.15, -0.1) is 0 Å². The van der Waals surface area contributed by atoms with E-state index in [0.717, 1.165) is 19.5 Å². The summed E-state index contributed by atoms with van der Waals surface area (Å²) < 4.78 is 1.87. The zero-order valence-corrected chi connectivity index (χ0v) is 9.99. The number of rotatable bonds is 7. The number of hydrogen-bond donors (Lipinski definition) is 2. The molecule has 0 bridgehead atoms. The Balaban J connectivity index is 2.04. The van der Waals surface area contributed by atoms with Gasteiger partial charge in [-0.05, 0) is 13.0 Å². The number of carbonyl (C=O) groups excluding carboxylic acids is 1. The minimum atomic E-state index is 0.107. The Bertz CT molecular complexity index is 322. The van der Waals surface area contributed by atoms with E-state index in [1.165, 1.54) is 5.69 Å². The molecule has 0 aliphatic heterocycles. The second-order valence-corrected chi connectivity index (χ2v) is 3.65. The smallest absolute Gasteiger partial charge is 0.221 e. The highest BCUT2D eigenvalue weighted by Crippen LogP contribution is 1.95. The van der Waals surface area contributed by atoms with Crippen LogP contribution in [0.4, 0.5) is 0 Å². The van der Waals surface area contributed by atoms with Crippen molar-refractivity contribution in [2.75, 3.05) is 19.6 Å². The zero-order valence-electron chi connectivity index (χ0n) is 9.99. The van der Waals surface area contributed by atoms with Gasteiger partial charge in [0, 0.05) is 51.4 Å². The Morgan fingerprint density at radius 3 is 2.94 bits per heavy atom. The molecule has 1 amide bonds. The highest BCUT2D eigenvalue weighted by atomic mass is 16.1. The molecule has 1 aromatic heterocycles. The van der Waals surface area contributed by atoms with Gasteiger partial charge in [-0.2, -0.15) is 5.10 Å². The monoisotopic (exact) mass is 224 g/mol. The summed E-state index contributed by atoms with van der Waals surface area (Å²) in [6.07, 6.45) is 3.27. The third-order valence-electron chi connectivity index (χ3n) is 2.38. The van der Waals surface area contributed by atoms with E-state index in [4.69, 9.17) is 0 Å². The highest BCUT2D eigenvalue weighted by molar-refractivity contribution is 5.75. The number of carbonyl (C=O) groups is 1. The van der Waals surface area contributed by atoms with E-state index < -0.39 is 0 Å². The van der Waals surface area contributed by atoms with Crippen LogP contribution in [0.25, 0.3) is 0 Å². The minimum absolute atomic E-state index is 0.107. The van der Waals surface area contributed by atoms with Gasteiger partial charge in [0.1, 0.15) is 0 Å². The van der Waals surface area contributed by atoms with Crippen molar-refractivity contribution in [1.29, 1.82) is 0 Å². The molecule has 5 heteroatoms. The third-order valence-corrected chi connectivity index (χ3v) is 2.38. The van der Waals surface area contributed by atoms with Gasteiger partial charge in [0.25, 0.3) is 0 Å². The molecule has 0 unspecified atom stereocenters. The maximum Gasteiger partial charge on any atom is 0.221 e. The first-order chi connectivity index (χ1) is 7.74. The fraction of sp³-hybridized carbons (Fsp3) is 0.636. The Hall–Kier alpha value is -1.36. The molecule has 2 N–H and O–H groups in total. The first-order valence-corrected chi connectivity index (χ1v) is 5.68. The van der Waals surface area contributed by atoms with Crippen LogP contribution < -0.4 is 10.6 Å². The second-order valence-electron chi connectivity index (χ2n) is 3.65. The number of amides is 1. The number of aromatic nitrogens is 2. The van der Waals surface area contributed by atoms with Gasteiger partial charge >= 0.3 is 0 Å². The lowest BCUT2D eigenvalue weighted by Crippen LogP contribution is -2.28. The van der Waals surface area contributed by atoms with Crippen molar-refractivity contribution < 1.29 is 4.79 Å². The molecule has 5 nitrogen and oxygen atoms in total. The van der Waals surface area contributed by atoms with Gasteiger partial charge in [0.15, 0.2) is 0 Å². The Morgan fingerprint density at radius 2 is 2.31 bits per heavy atom. The van der Waals surface area contributed by atoms with Gasteiger partial charge < -0.3 is 10.6 Å². The van der Waals surface area contributed by atoms with E-state index in [0.29, 0.717) is 13.0 Å². The summed E-state index contributed by atoms with van der Waals surface area (Å²) in [5, 5.41) is 10.1. The molecular formula is C11H20N4O. The van der Waals surface area contributed by atoms with E-state index in [2.05, 4.69) is 15.7 Å². The van der Waals surface area contributed by atoms with Crippen molar-refractivity contribution in [1.82, 2.24) is 20.4 Å². The average molecular weight is 224 g/mol. The standard InChI is InChI=1S/C11H20N4O/c1-3-13-11(16)6-8-12-7-4-10-5-9-14-15(10)2/h5,9,12H,3-4,6-8H2,1-2H3,(H,13,16). The maximum atomic E-state index is 11.1. The van der Waals surface area contributed by atoms with Gasteiger partial charge in [-0.1, -0.05) is 0 Å². The molecule has 1 heterocycles. The van der Waals surface area contributed by atoms with Crippen LogP contribution in [-0.2, 0) is 18.3 Å². The van der Waals surface area contributed by atoms with Gasteiger partial charge in [-0.3, -0.25) is 9.48 Å². The molecule has 0 radical (unpaired) electrons. The molecule has 90 valence electrons. The van der Waals surface area contributed by atoms with Crippen LogP contribution in [0, 0.1) is 0 Å². The fourth-order valence-electron chi connectivity index (χ4n) is 1.48. The molecular weight excluding hydrogens is 204 g/mol. The van der Waals surface area contributed by atoms with Crippen molar-refractivity contribution in [2.24, 2.45) is 7.05 Å². The lowest BCUT2D eigenvalue weighted by molar-refractivity contribution is -0.120. The molecule has 0 atom stereocenters.